The van der Waals surface area contributed by atoms with Crippen LogP contribution in [0.2, 0.25) is 0 Å². The summed E-state index contributed by atoms with van der Waals surface area (Å²) in [5.74, 6) is -1.66. The zero-order valence-electron chi connectivity index (χ0n) is 11.5. The van der Waals surface area contributed by atoms with E-state index in [0.717, 1.165) is 0 Å². The molecule has 0 aromatic heterocycles. The Morgan fingerprint density at radius 1 is 1.16 bits per heavy atom. The Labute approximate surface area is 112 Å². The molecular formula is C13H20O6. The average Bonchev–Trinajstić information content (AvgIpc) is 2.42. The standard InChI is InChI=1S/C13H20O6/c1-7-9(5-6-10(14)17-3)19-12(13(16)18-4)8(2)11(7)15/h5-9,11-12,15H,1-4H3/b6-5+/t7-,8-,9+,11-,12+/m1/s1. The van der Waals surface area contributed by atoms with Crippen molar-refractivity contribution in [2.45, 2.75) is 32.2 Å². The molecule has 0 radical (unpaired) electrons. The molecule has 0 aromatic rings. The Bertz CT molecular complexity index is 364. The quantitative estimate of drug-likeness (QED) is 0.587. The molecule has 0 saturated carbocycles. The van der Waals surface area contributed by atoms with E-state index >= 15 is 0 Å². The molecule has 0 spiro atoms. The van der Waals surface area contributed by atoms with Gasteiger partial charge in [0.1, 0.15) is 0 Å². The van der Waals surface area contributed by atoms with Crippen LogP contribution >= 0.6 is 0 Å². The van der Waals surface area contributed by atoms with E-state index in [1.807, 2.05) is 0 Å². The van der Waals surface area contributed by atoms with Crippen molar-refractivity contribution >= 4 is 11.9 Å². The van der Waals surface area contributed by atoms with Crippen molar-refractivity contribution in [1.82, 2.24) is 0 Å². The minimum Gasteiger partial charge on any atom is -0.467 e. The summed E-state index contributed by atoms with van der Waals surface area (Å²) in [6.07, 6.45) is 0.600. The molecule has 1 N–H and O–H groups in total. The van der Waals surface area contributed by atoms with E-state index < -0.39 is 30.3 Å². The van der Waals surface area contributed by atoms with Crippen molar-refractivity contribution in [2.24, 2.45) is 11.8 Å². The van der Waals surface area contributed by atoms with E-state index in [9.17, 15) is 14.7 Å². The number of ether oxygens (including phenoxy) is 3. The summed E-state index contributed by atoms with van der Waals surface area (Å²) < 4.78 is 14.7. The zero-order chi connectivity index (χ0) is 14.6. The lowest BCUT2D eigenvalue weighted by Gasteiger charge is -2.40. The number of carbonyl (C=O) groups is 2. The Balaban J connectivity index is 2.84. The molecule has 0 amide bonds. The van der Waals surface area contributed by atoms with Gasteiger partial charge in [-0.2, -0.15) is 0 Å². The molecular weight excluding hydrogens is 252 g/mol. The van der Waals surface area contributed by atoms with Gasteiger partial charge in [-0.25, -0.2) is 9.59 Å². The molecule has 0 unspecified atom stereocenters. The molecule has 1 fully saturated rings. The number of hydrogen-bond donors (Lipinski definition) is 1. The van der Waals surface area contributed by atoms with E-state index in [-0.39, 0.29) is 11.8 Å². The SMILES string of the molecule is COC(=O)/C=C/[C@@H]1O[C@H](C(=O)OC)[C@H](C)[C@H](O)[C@@H]1C. The molecule has 5 atom stereocenters. The van der Waals surface area contributed by atoms with Gasteiger partial charge in [-0.15, -0.1) is 0 Å². The summed E-state index contributed by atoms with van der Waals surface area (Å²) >= 11 is 0. The molecule has 108 valence electrons. The van der Waals surface area contributed by atoms with Gasteiger partial charge < -0.3 is 19.3 Å². The molecule has 6 nitrogen and oxygen atoms in total. The summed E-state index contributed by atoms with van der Waals surface area (Å²) in [7, 11) is 2.54. The Hall–Kier alpha value is -1.40. The van der Waals surface area contributed by atoms with Crippen LogP contribution in [-0.4, -0.2) is 49.6 Å². The van der Waals surface area contributed by atoms with Gasteiger partial charge in [0, 0.05) is 17.9 Å². The minimum atomic E-state index is -0.844. The third-order valence-corrected chi connectivity index (χ3v) is 3.43. The number of rotatable bonds is 3. The van der Waals surface area contributed by atoms with Crippen LogP contribution in [0, 0.1) is 11.8 Å². The fourth-order valence-corrected chi connectivity index (χ4v) is 2.12. The topological polar surface area (TPSA) is 82.1 Å². The third kappa shape index (κ3) is 3.54. The number of aliphatic hydroxyl groups is 1. The van der Waals surface area contributed by atoms with Gasteiger partial charge in [-0.05, 0) is 6.08 Å². The highest BCUT2D eigenvalue weighted by Gasteiger charge is 2.43. The van der Waals surface area contributed by atoms with Gasteiger partial charge in [0.15, 0.2) is 6.10 Å². The van der Waals surface area contributed by atoms with E-state index in [1.54, 1.807) is 13.8 Å². The molecule has 0 bridgehead atoms. The maximum atomic E-state index is 11.6. The van der Waals surface area contributed by atoms with Gasteiger partial charge in [0.25, 0.3) is 0 Å². The van der Waals surface area contributed by atoms with Gasteiger partial charge in [0.2, 0.25) is 0 Å². The van der Waals surface area contributed by atoms with E-state index in [0.29, 0.717) is 0 Å². The second kappa shape index (κ2) is 6.68. The van der Waals surface area contributed by atoms with Crippen LogP contribution in [0.3, 0.4) is 0 Å². The summed E-state index contributed by atoms with van der Waals surface area (Å²) in [5.41, 5.74) is 0. The van der Waals surface area contributed by atoms with Crippen LogP contribution in [0.15, 0.2) is 12.2 Å². The highest BCUT2D eigenvalue weighted by Crippen LogP contribution is 2.31. The number of methoxy groups -OCH3 is 2. The Kier molecular flexibility index (Phi) is 5.50. The number of hydrogen-bond acceptors (Lipinski definition) is 6. The first-order valence-electron chi connectivity index (χ1n) is 6.09. The lowest BCUT2D eigenvalue weighted by atomic mass is 9.82. The molecule has 6 heteroatoms. The first-order chi connectivity index (χ1) is 8.92. The van der Waals surface area contributed by atoms with Gasteiger partial charge in [-0.1, -0.05) is 13.8 Å². The monoisotopic (exact) mass is 272 g/mol. The Morgan fingerprint density at radius 3 is 2.32 bits per heavy atom. The molecule has 1 aliphatic rings. The normalized spacial score (nSPS) is 35.1. The van der Waals surface area contributed by atoms with E-state index in [4.69, 9.17) is 4.74 Å². The largest absolute Gasteiger partial charge is 0.467 e. The van der Waals surface area contributed by atoms with E-state index in [2.05, 4.69) is 9.47 Å². The summed E-state index contributed by atoms with van der Waals surface area (Å²) in [6, 6.07) is 0. The second-order valence-electron chi connectivity index (χ2n) is 4.64. The summed E-state index contributed by atoms with van der Waals surface area (Å²) in [5, 5.41) is 10.1. The van der Waals surface area contributed by atoms with Crippen molar-refractivity contribution in [1.29, 1.82) is 0 Å². The lowest BCUT2D eigenvalue weighted by molar-refractivity contribution is -0.185. The molecule has 1 aliphatic heterocycles. The smallest absolute Gasteiger partial charge is 0.335 e. The van der Waals surface area contributed by atoms with Crippen molar-refractivity contribution in [3.63, 3.8) is 0 Å². The first kappa shape index (κ1) is 15.7. The number of carbonyl (C=O) groups excluding carboxylic acids is 2. The lowest BCUT2D eigenvalue weighted by Crippen LogP contribution is -2.51. The highest BCUT2D eigenvalue weighted by atomic mass is 16.6. The maximum absolute atomic E-state index is 11.6. The molecule has 0 aromatic carbocycles. The van der Waals surface area contributed by atoms with Crippen LogP contribution in [0.5, 0.6) is 0 Å². The van der Waals surface area contributed by atoms with Crippen LogP contribution in [-0.2, 0) is 23.8 Å². The highest BCUT2D eigenvalue weighted by molar-refractivity contribution is 5.81. The van der Waals surface area contributed by atoms with Crippen LogP contribution in [0.25, 0.3) is 0 Å². The predicted molar refractivity (Wildman–Crippen MR) is 66.2 cm³/mol. The second-order valence-corrected chi connectivity index (χ2v) is 4.64. The van der Waals surface area contributed by atoms with Crippen molar-refractivity contribution in [3.05, 3.63) is 12.2 Å². The van der Waals surface area contributed by atoms with Crippen LogP contribution < -0.4 is 0 Å². The van der Waals surface area contributed by atoms with Gasteiger partial charge in [0.05, 0.1) is 26.4 Å². The summed E-state index contributed by atoms with van der Waals surface area (Å²) in [4.78, 5) is 22.7. The number of esters is 2. The zero-order valence-corrected chi connectivity index (χ0v) is 11.5. The van der Waals surface area contributed by atoms with Crippen molar-refractivity contribution in [2.75, 3.05) is 14.2 Å². The van der Waals surface area contributed by atoms with Crippen LogP contribution in [0.1, 0.15) is 13.8 Å². The van der Waals surface area contributed by atoms with Crippen LogP contribution in [0.4, 0.5) is 0 Å². The average molecular weight is 272 g/mol. The fourth-order valence-electron chi connectivity index (χ4n) is 2.12. The van der Waals surface area contributed by atoms with Crippen molar-refractivity contribution in [3.8, 4) is 0 Å². The fraction of sp³-hybridized carbons (Fsp3) is 0.692. The molecule has 1 heterocycles. The van der Waals surface area contributed by atoms with E-state index in [1.165, 1.54) is 26.4 Å². The molecule has 1 saturated heterocycles. The van der Waals surface area contributed by atoms with Crippen molar-refractivity contribution < 1.29 is 28.9 Å². The third-order valence-electron chi connectivity index (χ3n) is 3.43. The molecule has 1 rings (SSSR count). The van der Waals surface area contributed by atoms with Gasteiger partial charge in [-0.3, -0.25) is 0 Å². The molecule has 0 aliphatic carbocycles. The molecule has 19 heavy (non-hydrogen) atoms. The summed E-state index contributed by atoms with van der Waals surface area (Å²) in [6.45, 7) is 3.52. The predicted octanol–water partition coefficient (Wildman–Crippen LogP) is 0.289. The first-order valence-corrected chi connectivity index (χ1v) is 6.09. The Morgan fingerprint density at radius 2 is 1.79 bits per heavy atom. The minimum absolute atomic E-state index is 0.239. The van der Waals surface area contributed by atoms with Gasteiger partial charge >= 0.3 is 11.9 Å². The number of aliphatic hydroxyl groups excluding tert-OH is 1. The maximum Gasteiger partial charge on any atom is 0.335 e.